The third-order valence-electron chi connectivity index (χ3n) is 4.64. The van der Waals surface area contributed by atoms with Crippen LogP contribution >= 0.6 is 11.3 Å². The summed E-state index contributed by atoms with van der Waals surface area (Å²) in [6.45, 7) is 9.67. The minimum atomic E-state index is -0.147. The van der Waals surface area contributed by atoms with Gasteiger partial charge in [-0.3, -0.25) is 9.69 Å². The summed E-state index contributed by atoms with van der Waals surface area (Å²) in [5.74, 6) is 1.38. The van der Waals surface area contributed by atoms with Gasteiger partial charge < -0.3 is 14.2 Å². The Labute approximate surface area is 193 Å². The molecule has 0 aliphatic rings. The van der Waals surface area contributed by atoms with Gasteiger partial charge in [-0.2, -0.15) is 0 Å². The zero-order valence-electron chi connectivity index (χ0n) is 19.1. The highest BCUT2D eigenvalue weighted by Gasteiger charge is 2.24. The second-order valence-electron chi connectivity index (χ2n) is 6.94. The highest BCUT2D eigenvalue weighted by Crippen LogP contribution is 2.40. The van der Waals surface area contributed by atoms with E-state index in [1.807, 2.05) is 63.4 Å². The fourth-order valence-electron chi connectivity index (χ4n) is 3.31. The van der Waals surface area contributed by atoms with E-state index in [1.165, 1.54) is 11.3 Å². The summed E-state index contributed by atoms with van der Waals surface area (Å²) in [6, 6.07) is 13.4. The maximum absolute atomic E-state index is 13.6. The van der Waals surface area contributed by atoms with Crippen LogP contribution in [0.1, 0.15) is 44.5 Å². The van der Waals surface area contributed by atoms with Crippen molar-refractivity contribution >= 4 is 22.4 Å². The van der Waals surface area contributed by atoms with Crippen molar-refractivity contribution in [1.29, 1.82) is 0 Å². The van der Waals surface area contributed by atoms with Gasteiger partial charge in [0.05, 0.1) is 25.5 Å². The molecule has 0 spiro atoms. The van der Waals surface area contributed by atoms with Crippen molar-refractivity contribution in [2.24, 2.45) is 0 Å². The Morgan fingerprint density at radius 2 is 1.56 bits per heavy atom. The van der Waals surface area contributed by atoms with Crippen LogP contribution in [-0.2, 0) is 0 Å². The van der Waals surface area contributed by atoms with E-state index in [0.717, 1.165) is 17.7 Å². The number of benzene rings is 2. The van der Waals surface area contributed by atoms with Crippen molar-refractivity contribution < 1.29 is 19.0 Å². The van der Waals surface area contributed by atoms with Crippen LogP contribution in [-0.4, -0.2) is 37.3 Å². The monoisotopic (exact) mass is 454 g/mol. The van der Waals surface area contributed by atoms with Crippen LogP contribution in [0.15, 0.2) is 47.8 Å². The molecular formula is C25H30N2O4S. The second kappa shape index (κ2) is 11.5. The number of hydrogen-bond donors (Lipinski definition) is 0. The Hall–Kier alpha value is -3.06. The minimum Gasteiger partial charge on any atom is -0.490 e. The first kappa shape index (κ1) is 23.6. The summed E-state index contributed by atoms with van der Waals surface area (Å²) in [5, 5.41) is 2.65. The van der Waals surface area contributed by atoms with Crippen molar-refractivity contribution in [2.75, 3.05) is 31.3 Å². The topological polar surface area (TPSA) is 60.9 Å². The van der Waals surface area contributed by atoms with E-state index < -0.39 is 0 Å². The standard InChI is InChI=1S/C25H30N2O4S/c1-5-14-27(25-26-20(17-32-25)18-12-10-9-11-13-18)24(28)19-15-21(29-6-2)23(31-8-4)22(16-19)30-7-3/h9-13,15-17H,5-8,14H2,1-4H3. The Morgan fingerprint density at radius 1 is 0.938 bits per heavy atom. The molecule has 0 saturated carbocycles. The van der Waals surface area contributed by atoms with Gasteiger partial charge in [-0.15, -0.1) is 11.3 Å². The largest absolute Gasteiger partial charge is 0.490 e. The molecule has 1 heterocycles. The molecule has 0 fully saturated rings. The zero-order chi connectivity index (χ0) is 22.9. The van der Waals surface area contributed by atoms with Gasteiger partial charge in [-0.1, -0.05) is 37.3 Å². The molecule has 3 rings (SSSR count). The number of thiazole rings is 1. The molecule has 0 radical (unpaired) electrons. The molecule has 3 aromatic rings. The number of aromatic nitrogens is 1. The summed E-state index contributed by atoms with van der Waals surface area (Å²) in [7, 11) is 0. The molecule has 0 atom stereocenters. The lowest BCUT2D eigenvalue weighted by atomic mass is 10.1. The van der Waals surface area contributed by atoms with Crippen LogP contribution in [0.5, 0.6) is 17.2 Å². The van der Waals surface area contributed by atoms with Crippen molar-refractivity contribution in [2.45, 2.75) is 34.1 Å². The van der Waals surface area contributed by atoms with E-state index in [1.54, 1.807) is 17.0 Å². The summed E-state index contributed by atoms with van der Waals surface area (Å²) >= 11 is 1.46. The number of amides is 1. The van der Waals surface area contributed by atoms with E-state index in [9.17, 15) is 4.79 Å². The Balaban J connectivity index is 1.99. The van der Waals surface area contributed by atoms with Gasteiger partial charge in [-0.05, 0) is 39.3 Å². The zero-order valence-corrected chi connectivity index (χ0v) is 19.9. The van der Waals surface area contributed by atoms with Gasteiger partial charge in [-0.25, -0.2) is 4.98 Å². The highest BCUT2D eigenvalue weighted by molar-refractivity contribution is 7.14. The molecule has 0 saturated heterocycles. The Kier molecular flexibility index (Phi) is 8.50. The molecule has 6 nitrogen and oxygen atoms in total. The SMILES string of the molecule is CCCN(C(=O)c1cc(OCC)c(OCC)c(OCC)c1)c1nc(-c2ccccc2)cs1. The van der Waals surface area contributed by atoms with Crippen LogP contribution in [0.3, 0.4) is 0 Å². The highest BCUT2D eigenvalue weighted by atomic mass is 32.1. The Morgan fingerprint density at radius 3 is 2.12 bits per heavy atom. The summed E-state index contributed by atoms with van der Waals surface area (Å²) in [6.07, 6.45) is 0.805. The first-order valence-corrected chi connectivity index (χ1v) is 11.9. The molecule has 0 bridgehead atoms. The van der Waals surface area contributed by atoms with Crippen molar-refractivity contribution in [1.82, 2.24) is 4.98 Å². The third kappa shape index (κ3) is 5.40. The molecule has 7 heteroatoms. The van der Waals surface area contributed by atoms with E-state index in [0.29, 0.717) is 54.3 Å². The van der Waals surface area contributed by atoms with Gasteiger partial charge in [0.25, 0.3) is 5.91 Å². The number of hydrogen-bond acceptors (Lipinski definition) is 6. The molecule has 1 amide bonds. The quantitative estimate of drug-likeness (QED) is 0.352. The lowest BCUT2D eigenvalue weighted by Gasteiger charge is -2.21. The van der Waals surface area contributed by atoms with Crippen LogP contribution < -0.4 is 19.1 Å². The number of anilines is 1. The number of rotatable bonds is 11. The van der Waals surface area contributed by atoms with Gasteiger partial charge in [0.1, 0.15) is 0 Å². The lowest BCUT2D eigenvalue weighted by Crippen LogP contribution is -2.31. The maximum atomic E-state index is 13.6. The summed E-state index contributed by atoms with van der Waals surface area (Å²) in [5.41, 5.74) is 2.36. The molecule has 32 heavy (non-hydrogen) atoms. The average molecular weight is 455 g/mol. The van der Waals surface area contributed by atoms with E-state index >= 15 is 0 Å². The fourth-order valence-corrected chi connectivity index (χ4v) is 4.16. The molecule has 0 aliphatic carbocycles. The minimum absolute atomic E-state index is 0.147. The van der Waals surface area contributed by atoms with Crippen LogP contribution in [0.2, 0.25) is 0 Å². The normalized spacial score (nSPS) is 10.6. The summed E-state index contributed by atoms with van der Waals surface area (Å²) < 4.78 is 17.3. The van der Waals surface area contributed by atoms with Gasteiger partial charge in [0.2, 0.25) is 5.75 Å². The van der Waals surface area contributed by atoms with Crippen LogP contribution in [0.25, 0.3) is 11.3 Å². The smallest absolute Gasteiger partial charge is 0.260 e. The van der Waals surface area contributed by atoms with E-state index in [2.05, 4.69) is 0 Å². The molecule has 2 aromatic carbocycles. The van der Waals surface area contributed by atoms with Crippen LogP contribution in [0.4, 0.5) is 5.13 Å². The number of carbonyl (C=O) groups excluding carboxylic acids is 1. The first-order chi connectivity index (χ1) is 15.6. The van der Waals surface area contributed by atoms with Crippen LogP contribution in [0, 0.1) is 0 Å². The lowest BCUT2D eigenvalue weighted by molar-refractivity contribution is 0.0985. The van der Waals surface area contributed by atoms with Gasteiger partial charge in [0.15, 0.2) is 16.6 Å². The Bertz CT molecular complexity index is 993. The number of nitrogens with zero attached hydrogens (tertiary/aromatic N) is 2. The van der Waals surface area contributed by atoms with Gasteiger partial charge >= 0.3 is 0 Å². The average Bonchev–Trinajstić information content (AvgIpc) is 3.30. The molecule has 1 aromatic heterocycles. The predicted molar refractivity (Wildman–Crippen MR) is 129 cm³/mol. The predicted octanol–water partition coefficient (Wildman–Crippen LogP) is 6.06. The fraction of sp³-hybridized carbons (Fsp3) is 0.360. The first-order valence-electron chi connectivity index (χ1n) is 11.0. The number of ether oxygens (including phenoxy) is 3. The molecule has 0 unspecified atom stereocenters. The molecule has 0 aliphatic heterocycles. The molecule has 170 valence electrons. The third-order valence-corrected chi connectivity index (χ3v) is 5.50. The molecule has 0 N–H and O–H groups in total. The van der Waals surface area contributed by atoms with E-state index in [-0.39, 0.29) is 5.91 Å². The second-order valence-corrected chi connectivity index (χ2v) is 7.78. The maximum Gasteiger partial charge on any atom is 0.260 e. The molecular weight excluding hydrogens is 424 g/mol. The van der Waals surface area contributed by atoms with Crippen molar-refractivity contribution in [3.8, 4) is 28.5 Å². The van der Waals surface area contributed by atoms with Crippen molar-refractivity contribution in [3.63, 3.8) is 0 Å². The van der Waals surface area contributed by atoms with Crippen molar-refractivity contribution in [3.05, 3.63) is 53.4 Å². The summed E-state index contributed by atoms with van der Waals surface area (Å²) in [4.78, 5) is 20.1. The number of carbonyl (C=O) groups is 1. The van der Waals surface area contributed by atoms with E-state index in [4.69, 9.17) is 19.2 Å². The van der Waals surface area contributed by atoms with Gasteiger partial charge in [0, 0.05) is 23.1 Å².